The van der Waals surface area contributed by atoms with Gasteiger partial charge in [0.25, 0.3) is 0 Å². The molecule has 0 unspecified atom stereocenters. The number of hydrogen-bond acceptors (Lipinski definition) is 3. The Kier molecular flexibility index (Phi) is 6.73. The van der Waals surface area contributed by atoms with Gasteiger partial charge in [-0.15, -0.1) is 0 Å². The van der Waals surface area contributed by atoms with Gasteiger partial charge in [-0.2, -0.15) is 0 Å². The number of nitrogens with zero attached hydrogens (tertiary/aromatic N) is 1. The van der Waals surface area contributed by atoms with Gasteiger partial charge in [-0.3, -0.25) is 9.69 Å². The number of ether oxygens (including phenoxy) is 1. The van der Waals surface area contributed by atoms with Gasteiger partial charge in [-0.1, -0.05) is 24.6 Å². The predicted molar refractivity (Wildman–Crippen MR) is 82.9 cm³/mol. The fourth-order valence-electron chi connectivity index (χ4n) is 2.60. The van der Waals surface area contributed by atoms with Gasteiger partial charge in [0.15, 0.2) is 0 Å². The molecule has 0 aliphatic carbocycles. The first-order valence-corrected chi connectivity index (χ1v) is 7.42. The maximum atomic E-state index is 11.7. The molecule has 0 aliphatic rings. The van der Waals surface area contributed by atoms with Crippen LogP contribution >= 0.6 is 0 Å². The summed E-state index contributed by atoms with van der Waals surface area (Å²) in [4.78, 5) is 13.8. The first-order chi connectivity index (χ1) is 9.47. The third kappa shape index (κ3) is 4.97. The Labute approximate surface area is 122 Å². The lowest BCUT2D eigenvalue weighted by Crippen LogP contribution is -2.31. The lowest BCUT2D eigenvalue weighted by molar-refractivity contribution is -0.144. The van der Waals surface area contributed by atoms with E-state index in [1.807, 2.05) is 6.92 Å². The minimum absolute atomic E-state index is 0.136. The number of rotatable bonds is 7. The maximum Gasteiger partial charge on any atom is 0.320 e. The van der Waals surface area contributed by atoms with Crippen LogP contribution < -0.4 is 0 Å². The monoisotopic (exact) mass is 277 g/mol. The van der Waals surface area contributed by atoms with Gasteiger partial charge in [0.2, 0.25) is 0 Å². The molecule has 1 aromatic rings. The zero-order valence-corrected chi connectivity index (χ0v) is 13.5. The molecule has 0 aliphatic heterocycles. The fraction of sp³-hybridized carbons (Fsp3) is 0.588. The molecule has 0 amide bonds. The summed E-state index contributed by atoms with van der Waals surface area (Å²) < 4.78 is 5.06. The maximum absolute atomic E-state index is 11.7. The highest BCUT2D eigenvalue weighted by Gasteiger charge is 2.14. The number of aryl methyl sites for hydroxylation is 3. The van der Waals surface area contributed by atoms with Crippen LogP contribution in [0, 0.1) is 20.8 Å². The lowest BCUT2D eigenvalue weighted by atomic mass is 9.99. The molecule has 3 heteroatoms. The van der Waals surface area contributed by atoms with Crippen molar-refractivity contribution in [3.8, 4) is 0 Å². The molecule has 0 N–H and O–H groups in total. The first-order valence-electron chi connectivity index (χ1n) is 7.42. The predicted octanol–water partition coefficient (Wildman–Crippen LogP) is 3.39. The Bertz CT molecular complexity index is 431. The number of esters is 1. The van der Waals surface area contributed by atoms with Gasteiger partial charge in [-0.25, -0.2) is 0 Å². The number of benzene rings is 1. The topological polar surface area (TPSA) is 29.5 Å². The molecular formula is C17H27NO2. The van der Waals surface area contributed by atoms with Gasteiger partial charge in [0.1, 0.15) is 0 Å². The molecule has 0 aromatic heterocycles. The van der Waals surface area contributed by atoms with Crippen LogP contribution in [0.4, 0.5) is 0 Å². The molecule has 0 fully saturated rings. The van der Waals surface area contributed by atoms with Crippen molar-refractivity contribution in [1.82, 2.24) is 4.90 Å². The van der Waals surface area contributed by atoms with E-state index in [0.29, 0.717) is 13.2 Å². The van der Waals surface area contributed by atoms with Crippen LogP contribution in [0.25, 0.3) is 0 Å². The molecular weight excluding hydrogens is 250 g/mol. The quantitative estimate of drug-likeness (QED) is 0.716. The number of carbonyl (C=O) groups is 1. The SMILES string of the molecule is CCCN(CC(=O)OCC)Cc1c(C)cc(C)cc1C. The highest BCUT2D eigenvalue weighted by molar-refractivity contribution is 5.71. The lowest BCUT2D eigenvalue weighted by Gasteiger charge is -2.23. The Morgan fingerprint density at radius 2 is 1.75 bits per heavy atom. The average molecular weight is 277 g/mol. The van der Waals surface area contributed by atoms with Crippen molar-refractivity contribution in [3.63, 3.8) is 0 Å². The van der Waals surface area contributed by atoms with Crippen LogP contribution in [0.5, 0.6) is 0 Å². The van der Waals surface area contributed by atoms with E-state index in [0.717, 1.165) is 19.5 Å². The Hall–Kier alpha value is -1.35. The van der Waals surface area contributed by atoms with Gasteiger partial charge < -0.3 is 4.74 Å². The second kappa shape index (κ2) is 8.05. The summed E-state index contributed by atoms with van der Waals surface area (Å²) in [6, 6.07) is 4.41. The van der Waals surface area contributed by atoms with Gasteiger partial charge in [0, 0.05) is 6.54 Å². The van der Waals surface area contributed by atoms with E-state index in [4.69, 9.17) is 4.74 Å². The summed E-state index contributed by atoms with van der Waals surface area (Å²) >= 11 is 0. The van der Waals surface area contributed by atoms with Crippen LogP contribution in [0.3, 0.4) is 0 Å². The Balaban J connectivity index is 2.82. The minimum Gasteiger partial charge on any atom is -0.465 e. The minimum atomic E-state index is -0.136. The molecule has 0 spiro atoms. The smallest absolute Gasteiger partial charge is 0.320 e. The van der Waals surface area contributed by atoms with E-state index < -0.39 is 0 Å². The molecule has 20 heavy (non-hydrogen) atoms. The largest absolute Gasteiger partial charge is 0.465 e. The van der Waals surface area contributed by atoms with E-state index in [2.05, 4.69) is 44.7 Å². The van der Waals surface area contributed by atoms with Gasteiger partial charge >= 0.3 is 5.97 Å². The van der Waals surface area contributed by atoms with Crippen LogP contribution in [-0.4, -0.2) is 30.6 Å². The van der Waals surface area contributed by atoms with Crippen LogP contribution in [-0.2, 0) is 16.1 Å². The second-order valence-corrected chi connectivity index (χ2v) is 5.39. The van der Waals surface area contributed by atoms with Crippen molar-refractivity contribution in [2.45, 2.75) is 47.6 Å². The van der Waals surface area contributed by atoms with E-state index in [1.54, 1.807) is 0 Å². The fourth-order valence-corrected chi connectivity index (χ4v) is 2.60. The molecule has 0 saturated carbocycles. The standard InChI is InChI=1S/C17H27NO2/c1-6-8-18(12-17(19)20-7-2)11-16-14(4)9-13(3)10-15(16)5/h9-10H,6-8,11-12H2,1-5H3. The van der Waals surface area contributed by atoms with Crippen molar-refractivity contribution in [2.24, 2.45) is 0 Å². The number of hydrogen-bond donors (Lipinski definition) is 0. The molecule has 112 valence electrons. The molecule has 1 aromatic carbocycles. The van der Waals surface area contributed by atoms with E-state index in [9.17, 15) is 4.79 Å². The van der Waals surface area contributed by atoms with Crippen molar-refractivity contribution in [3.05, 3.63) is 34.4 Å². The van der Waals surface area contributed by atoms with Crippen molar-refractivity contribution in [2.75, 3.05) is 19.7 Å². The zero-order valence-electron chi connectivity index (χ0n) is 13.5. The van der Waals surface area contributed by atoms with E-state index in [1.165, 1.54) is 22.3 Å². The summed E-state index contributed by atoms with van der Waals surface area (Å²) in [5, 5.41) is 0. The first kappa shape index (κ1) is 16.7. The highest BCUT2D eigenvalue weighted by Crippen LogP contribution is 2.18. The van der Waals surface area contributed by atoms with Crippen molar-refractivity contribution in [1.29, 1.82) is 0 Å². The molecule has 3 nitrogen and oxygen atoms in total. The summed E-state index contributed by atoms with van der Waals surface area (Å²) in [6.07, 6.45) is 1.03. The average Bonchev–Trinajstić information content (AvgIpc) is 2.34. The molecule has 0 radical (unpaired) electrons. The highest BCUT2D eigenvalue weighted by atomic mass is 16.5. The number of carbonyl (C=O) groups excluding carboxylic acids is 1. The third-order valence-corrected chi connectivity index (χ3v) is 3.42. The second-order valence-electron chi connectivity index (χ2n) is 5.39. The van der Waals surface area contributed by atoms with Crippen molar-refractivity contribution < 1.29 is 9.53 Å². The zero-order chi connectivity index (χ0) is 15.1. The molecule has 1 rings (SSSR count). The van der Waals surface area contributed by atoms with Crippen LogP contribution in [0.15, 0.2) is 12.1 Å². The van der Waals surface area contributed by atoms with Crippen LogP contribution in [0.1, 0.15) is 42.5 Å². The van der Waals surface area contributed by atoms with Crippen molar-refractivity contribution >= 4 is 5.97 Å². The molecule has 0 bridgehead atoms. The summed E-state index contributed by atoms with van der Waals surface area (Å²) in [5.41, 5.74) is 5.21. The van der Waals surface area contributed by atoms with E-state index >= 15 is 0 Å². The van der Waals surface area contributed by atoms with Crippen LogP contribution in [0.2, 0.25) is 0 Å². The van der Waals surface area contributed by atoms with Gasteiger partial charge in [-0.05, 0) is 57.4 Å². The molecule has 0 atom stereocenters. The normalized spacial score (nSPS) is 10.9. The molecule has 0 heterocycles. The molecule has 0 saturated heterocycles. The summed E-state index contributed by atoms with van der Waals surface area (Å²) in [5.74, 6) is -0.136. The Morgan fingerprint density at radius 3 is 2.25 bits per heavy atom. The summed E-state index contributed by atoms with van der Waals surface area (Å²) in [6.45, 7) is 12.9. The summed E-state index contributed by atoms with van der Waals surface area (Å²) in [7, 11) is 0. The third-order valence-electron chi connectivity index (χ3n) is 3.42. The van der Waals surface area contributed by atoms with E-state index in [-0.39, 0.29) is 5.97 Å². The van der Waals surface area contributed by atoms with Gasteiger partial charge in [0.05, 0.1) is 13.2 Å². The Morgan fingerprint density at radius 1 is 1.15 bits per heavy atom.